The van der Waals surface area contributed by atoms with E-state index in [4.69, 9.17) is 4.74 Å². The minimum absolute atomic E-state index is 0.0338. The third-order valence-corrected chi connectivity index (χ3v) is 3.26. The predicted molar refractivity (Wildman–Crippen MR) is 66.7 cm³/mol. The molecule has 0 fully saturated rings. The molecule has 1 aromatic carbocycles. The van der Waals surface area contributed by atoms with Gasteiger partial charge in [-0.05, 0) is 53.6 Å². The molecule has 0 aromatic heterocycles. The van der Waals surface area contributed by atoms with Gasteiger partial charge in [-0.15, -0.1) is 0 Å². The van der Waals surface area contributed by atoms with Crippen molar-refractivity contribution in [2.24, 2.45) is 0 Å². The van der Waals surface area contributed by atoms with Crippen molar-refractivity contribution in [3.63, 3.8) is 0 Å². The number of carbonyl (C=O) groups excluding carboxylic acids is 1. The first-order chi connectivity index (χ1) is 7.27. The van der Waals surface area contributed by atoms with Crippen LogP contribution < -0.4 is 0 Å². The van der Waals surface area contributed by atoms with Crippen molar-refractivity contribution in [2.45, 2.75) is 18.9 Å². The zero-order valence-electron chi connectivity index (χ0n) is 8.15. The van der Waals surface area contributed by atoms with Gasteiger partial charge >= 0.3 is 5.97 Å². The van der Waals surface area contributed by atoms with Crippen molar-refractivity contribution in [3.8, 4) is 0 Å². The molecule has 0 heterocycles. The van der Waals surface area contributed by atoms with Gasteiger partial charge < -0.3 is 4.74 Å². The smallest absolute Gasteiger partial charge is 0.339 e. The standard InChI is InChI=1S/C12H11IO2/c13-11-8-4-3-7-10(11)12(14)15-9-5-1-2-6-9/h1,3-5,7-9H,2,6H2. The van der Waals surface area contributed by atoms with Gasteiger partial charge in [0.15, 0.2) is 0 Å². The van der Waals surface area contributed by atoms with Crippen molar-refractivity contribution in [1.29, 1.82) is 0 Å². The zero-order valence-corrected chi connectivity index (χ0v) is 10.3. The van der Waals surface area contributed by atoms with E-state index in [0.29, 0.717) is 5.56 Å². The van der Waals surface area contributed by atoms with E-state index in [1.165, 1.54) is 0 Å². The van der Waals surface area contributed by atoms with E-state index in [1.807, 2.05) is 30.4 Å². The molecular formula is C12H11IO2. The number of ether oxygens (including phenoxy) is 1. The molecule has 0 aliphatic heterocycles. The topological polar surface area (TPSA) is 26.3 Å². The van der Waals surface area contributed by atoms with Gasteiger partial charge in [0.05, 0.1) is 5.56 Å². The fourth-order valence-corrected chi connectivity index (χ4v) is 2.14. The first-order valence-electron chi connectivity index (χ1n) is 4.89. The minimum Gasteiger partial charge on any atom is -0.455 e. The molecule has 1 aromatic rings. The normalized spacial score (nSPS) is 19.1. The van der Waals surface area contributed by atoms with Crippen molar-refractivity contribution >= 4 is 28.6 Å². The van der Waals surface area contributed by atoms with Crippen molar-refractivity contribution in [3.05, 3.63) is 45.6 Å². The van der Waals surface area contributed by atoms with Gasteiger partial charge in [0, 0.05) is 3.57 Å². The molecule has 1 atom stereocenters. The lowest BCUT2D eigenvalue weighted by Gasteiger charge is -2.10. The van der Waals surface area contributed by atoms with Crippen LogP contribution >= 0.6 is 22.6 Å². The molecule has 0 bridgehead atoms. The predicted octanol–water partition coefficient (Wildman–Crippen LogP) is 3.17. The minimum atomic E-state index is -0.225. The van der Waals surface area contributed by atoms with E-state index in [2.05, 4.69) is 22.6 Å². The third kappa shape index (κ3) is 2.59. The molecule has 2 rings (SSSR count). The fourth-order valence-electron chi connectivity index (χ4n) is 1.53. The lowest BCUT2D eigenvalue weighted by atomic mass is 10.2. The molecule has 0 N–H and O–H groups in total. The average Bonchev–Trinajstić information content (AvgIpc) is 2.71. The Balaban J connectivity index is 2.07. The molecule has 0 saturated carbocycles. The van der Waals surface area contributed by atoms with Gasteiger partial charge in [-0.1, -0.05) is 18.2 Å². The highest BCUT2D eigenvalue weighted by Gasteiger charge is 2.17. The van der Waals surface area contributed by atoms with Crippen molar-refractivity contribution < 1.29 is 9.53 Å². The molecule has 3 heteroatoms. The maximum Gasteiger partial charge on any atom is 0.339 e. The number of carbonyl (C=O) groups is 1. The van der Waals surface area contributed by atoms with Crippen LogP contribution in [0, 0.1) is 3.57 Å². The molecule has 0 spiro atoms. The van der Waals surface area contributed by atoms with Crippen molar-refractivity contribution in [1.82, 2.24) is 0 Å². The summed E-state index contributed by atoms with van der Waals surface area (Å²) >= 11 is 2.14. The number of hydrogen-bond donors (Lipinski definition) is 0. The number of hydrogen-bond acceptors (Lipinski definition) is 2. The Labute approximate surface area is 102 Å². The van der Waals surface area contributed by atoms with Crippen molar-refractivity contribution in [2.75, 3.05) is 0 Å². The monoisotopic (exact) mass is 314 g/mol. The lowest BCUT2D eigenvalue weighted by molar-refractivity contribution is 0.0394. The van der Waals surface area contributed by atoms with Gasteiger partial charge in [-0.25, -0.2) is 4.79 Å². The fraction of sp³-hybridized carbons (Fsp3) is 0.250. The SMILES string of the molecule is O=C(OC1C=CCC1)c1ccccc1I. The molecule has 0 saturated heterocycles. The van der Waals surface area contributed by atoms with Crippen LogP contribution in [0.4, 0.5) is 0 Å². The molecule has 1 unspecified atom stereocenters. The van der Waals surface area contributed by atoms with E-state index in [1.54, 1.807) is 6.07 Å². The van der Waals surface area contributed by atoms with E-state index in [9.17, 15) is 4.79 Å². The van der Waals surface area contributed by atoms with Crippen LogP contribution in [0.3, 0.4) is 0 Å². The summed E-state index contributed by atoms with van der Waals surface area (Å²) in [6.07, 6.45) is 5.88. The van der Waals surface area contributed by atoms with E-state index in [-0.39, 0.29) is 12.1 Å². The van der Waals surface area contributed by atoms with Gasteiger partial charge in [-0.3, -0.25) is 0 Å². The van der Waals surface area contributed by atoms with Crippen LogP contribution in [0.25, 0.3) is 0 Å². The number of rotatable bonds is 2. The molecular weight excluding hydrogens is 303 g/mol. The van der Waals surface area contributed by atoms with Gasteiger partial charge in [0.25, 0.3) is 0 Å². The molecule has 0 amide bonds. The summed E-state index contributed by atoms with van der Waals surface area (Å²) in [4.78, 5) is 11.8. The zero-order chi connectivity index (χ0) is 10.7. The van der Waals surface area contributed by atoms with Crippen LogP contribution in [0.15, 0.2) is 36.4 Å². The Morgan fingerprint density at radius 1 is 1.40 bits per heavy atom. The highest BCUT2D eigenvalue weighted by molar-refractivity contribution is 14.1. The van der Waals surface area contributed by atoms with Crippen LogP contribution in [0.1, 0.15) is 23.2 Å². The maximum atomic E-state index is 11.8. The third-order valence-electron chi connectivity index (χ3n) is 2.32. The van der Waals surface area contributed by atoms with Gasteiger partial charge in [0.1, 0.15) is 6.10 Å². The second-order valence-corrected chi connectivity index (χ2v) is 4.59. The van der Waals surface area contributed by atoms with E-state index >= 15 is 0 Å². The Bertz CT molecular complexity index is 398. The summed E-state index contributed by atoms with van der Waals surface area (Å²) in [5, 5.41) is 0. The number of esters is 1. The molecule has 1 aliphatic carbocycles. The number of halogens is 1. The second kappa shape index (κ2) is 4.79. The summed E-state index contributed by atoms with van der Waals surface area (Å²) in [5.41, 5.74) is 0.651. The Kier molecular flexibility index (Phi) is 3.41. The Morgan fingerprint density at radius 2 is 2.20 bits per heavy atom. The Morgan fingerprint density at radius 3 is 2.87 bits per heavy atom. The highest BCUT2D eigenvalue weighted by atomic mass is 127. The molecule has 1 aliphatic rings. The van der Waals surface area contributed by atoms with Crippen LogP contribution in [0.5, 0.6) is 0 Å². The summed E-state index contributed by atoms with van der Waals surface area (Å²) < 4.78 is 6.28. The average molecular weight is 314 g/mol. The summed E-state index contributed by atoms with van der Waals surface area (Å²) in [7, 11) is 0. The van der Waals surface area contributed by atoms with Gasteiger partial charge in [0.2, 0.25) is 0 Å². The van der Waals surface area contributed by atoms with Crippen LogP contribution in [-0.4, -0.2) is 12.1 Å². The van der Waals surface area contributed by atoms with Crippen LogP contribution in [-0.2, 0) is 4.74 Å². The first-order valence-corrected chi connectivity index (χ1v) is 5.97. The lowest BCUT2D eigenvalue weighted by Crippen LogP contribution is -2.14. The van der Waals surface area contributed by atoms with Gasteiger partial charge in [-0.2, -0.15) is 0 Å². The molecule has 0 radical (unpaired) electrons. The number of benzene rings is 1. The quantitative estimate of drug-likeness (QED) is 0.476. The largest absolute Gasteiger partial charge is 0.455 e. The first kappa shape index (κ1) is 10.7. The molecule has 15 heavy (non-hydrogen) atoms. The molecule has 2 nitrogen and oxygen atoms in total. The second-order valence-electron chi connectivity index (χ2n) is 3.43. The van der Waals surface area contributed by atoms with Crippen LogP contribution in [0.2, 0.25) is 0 Å². The highest BCUT2D eigenvalue weighted by Crippen LogP contribution is 2.17. The number of allylic oxidation sites excluding steroid dienone is 1. The summed E-state index contributed by atoms with van der Waals surface area (Å²) in [5.74, 6) is -0.225. The molecule has 78 valence electrons. The Hall–Kier alpha value is -0.840. The maximum absolute atomic E-state index is 11.8. The van der Waals surface area contributed by atoms with E-state index in [0.717, 1.165) is 16.4 Å². The summed E-state index contributed by atoms with van der Waals surface area (Å²) in [6.45, 7) is 0. The summed E-state index contributed by atoms with van der Waals surface area (Å²) in [6, 6.07) is 7.46. The van der Waals surface area contributed by atoms with E-state index < -0.39 is 0 Å².